The lowest BCUT2D eigenvalue weighted by molar-refractivity contribution is 0.378. The summed E-state index contributed by atoms with van der Waals surface area (Å²) in [7, 11) is -0.128. The van der Waals surface area contributed by atoms with E-state index in [0.717, 1.165) is 12.8 Å². The van der Waals surface area contributed by atoms with Gasteiger partial charge in [0.2, 0.25) is 15.9 Å². The van der Waals surface area contributed by atoms with Crippen LogP contribution < -0.4 is 10.1 Å². The molecule has 1 aromatic heterocycles. The van der Waals surface area contributed by atoms with Crippen molar-refractivity contribution >= 4 is 10.0 Å². The first-order valence-corrected chi connectivity index (χ1v) is 7.70. The lowest BCUT2D eigenvalue weighted by atomic mass is 10.2. The van der Waals surface area contributed by atoms with E-state index in [9.17, 15) is 8.42 Å². The molecule has 0 aromatic carbocycles. The number of hydrogen-bond donors (Lipinski definition) is 1. The minimum atomic E-state index is -3.46. The molecule has 2 heterocycles. The van der Waals surface area contributed by atoms with Crippen LogP contribution in [-0.2, 0) is 10.0 Å². The Labute approximate surface area is 113 Å². The summed E-state index contributed by atoms with van der Waals surface area (Å²) in [4.78, 5) is 4.18. The molecule has 2 rings (SSSR count). The van der Waals surface area contributed by atoms with E-state index in [4.69, 9.17) is 4.74 Å². The van der Waals surface area contributed by atoms with E-state index >= 15 is 0 Å². The van der Waals surface area contributed by atoms with Gasteiger partial charge in [-0.25, -0.2) is 13.4 Å². The normalized spacial score (nSPS) is 20.6. The van der Waals surface area contributed by atoms with Crippen LogP contribution in [0.2, 0.25) is 0 Å². The monoisotopic (exact) mass is 285 g/mol. The number of sulfonamides is 1. The van der Waals surface area contributed by atoms with Crippen LogP contribution >= 0.6 is 0 Å². The number of aromatic nitrogens is 1. The number of rotatable bonds is 5. The topological polar surface area (TPSA) is 71.5 Å². The molecule has 1 N–H and O–H groups in total. The molecule has 7 heteroatoms. The number of hydrogen-bond acceptors (Lipinski definition) is 5. The quantitative estimate of drug-likeness (QED) is 0.851. The van der Waals surface area contributed by atoms with Crippen molar-refractivity contribution in [3.8, 4) is 5.88 Å². The molecule has 0 spiro atoms. The number of ether oxygens (including phenoxy) is 1. The molecule has 1 atom stereocenters. The highest BCUT2D eigenvalue weighted by Crippen LogP contribution is 2.25. The average molecular weight is 285 g/mol. The van der Waals surface area contributed by atoms with Crippen molar-refractivity contribution in [2.24, 2.45) is 0 Å². The second-order valence-corrected chi connectivity index (χ2v) is 6.40. The highest BCUT2D eigenvalue weighted by molar-refractivity contribution is 7.89. The largest absolute Gasteiger partial charge is 0.481 e. The Hall–Kier alpha value is -1.18. The maximum Gasteiger partial charge on any atom is 0.244 e. The van der Waals surface area contributed by atoms with Gasteiger partial charge in [0.1, 0.15) is 4.90 Å². The second kappa shape index (κ2) is 5.85. The highest BCUT2D eigenvalue weighted by atomic mass is 32.2. The smallest absolute Gasteiger partial charge is 0.244 e. The molecule has 1 aliphatic rings. The van der Waals surface area contributed by atoms with E-state index < -0.39 is 10.0 Å². The molecule has 1 aromatic rings. The number of methoxy groups -OCH3 is 1. The third-order valence-electron chi connectivity index (χ3n) is 3.29. The third kappa shape index (κ3) is 2.88. The Kier molecular flexibility index (Phi) is 4.38. The van der Waals surface area contributed by atoms with Crippen molar-refractivity contribution in [2.75, 3.05) is 27.2 Å². The molecule has 1 saturated heterocycles. The molecule has 0 saturated carbocycles. The lowest BCUT2D eigenvalue weighted by Gasteiger charge is -2.23. The van der Waals surface area contributed by atoms with E-state index in [0.29, 0.717) is 19.0 Å². The molecular weight excluding hydrogens is 266 g/mol. The standard InChI is InChI=1S/C12H19N3O3S/c1-13-8-10-4-3-7-15(10)19(16,17)11-5-6-12(18-2)14-9-11/h5-6,9-10,13H,3-4,7-8H2,1-2H3. The number of nitrogens with one attached hydrogen (secondary N) is 1. The summed E-state index contributed by atoms with van der Waals surface area (Å²) >= 11 is 0. The van der Waals surface area contributed by atoms with Crippen LogP contribution in [0.1, 0.15) is 12.8 Å². The number of nitrogens with zero attached hydrogens (tertiary/aromatic N) is 2. The molecule has 106 valence electrons. The van der Waals surface area contributed by atoms with Gasteiger partial charge in [0.25, 0.3) is 0 Å². The van der Waals surface area contributed by atoms with Gasteiger partial charge in [-0.2, -0.15) is 4.31 Å². The molecule has 1 unspecified atom stereocenters. The summed E-state index contributed by atoms with van der Waals surface area (Å²) in [5, 5.41) is 3.04. The van der Waals surface area contributed by atoms with Crippen LogP contribution in [0.3, 0.4) is 0 Å². The Balaban J connectivity index is 2.25. The van der Waals surface area contributed by atoms with Crippen molar-refractivity contribution in [3.63, 3.8) is 0 Å². The van der Waals surface area contributed by atoms with Crippen molar-refractivity contribution in [3.05, 3.63) is 18.3 Å². The summed E-state index contributed by atoms with van der Waals surface area (Å²) in [6.07, 6.45) is 3.14. The second-order valence-electron chi connectivity index (χ2n) is 4.51. The zero-order valence-electron chi connectivity index (χ0n) is 11.2. The van der Waals surface area contributed by atoms with Crippen molar-refractivity contribution in [1.82, 2.24) is 14.6 Å². The van der Waals surface area contributed by atoms with Gasteiger partial charge in [0.15, 0.2) is 0 Å². The first kappa shape index (κ1) is 14.2. The summed E-state index contributed by atoms with van der Waals surface area (Å²) in [5.74, 6) is 0.409. The Morgan fingerprint density at radius 1 is 1.53 bits per heavy atom. The van der Waals surface area contributed by atoms with E-state index in [1.54, 1.807) is 10.4 Å². The van der Waals surface area contributed by atoms with Crippen molar-refractivity contribution < 1.29 is 13.2 Å². The number of likely N-dealkylation sites (N-methyl/N-ethyl adjacent to an activating group) is 1. The van der Waals surface area contributed by atoms with Crippen molar-refractivity contribution in [2.45, 2.75) is 23.8 Å². The predicted molar refractivity (Wildman–Crippen MR) is 71.6 cm³/mol. The Morgan fingerprint density at radius 3 is 2.89 bits per heavy atom. The molecule has 0 radical (unpaired) electrons. The van der Waals surface area contributed by atoms with Crippen LogP contribution in [0.5, 0.6) is 5.88 Å². The van der Waals surface area contributed by atoms with E-state index in [-0.39, 0.29) is 10.9 Å². The van der Waals surface area contributed by atoms with Gasteiger partial charge in [-0.3, -0.25) is 0 Å². The zero-order valence-corrected chi connectivity index (χ0v) is 12.0. The molecule has 6 nitrogen and oxygen atoms in total. The summed E-state index contributed by atoms with van der Waals surface area (Å²) in [5.41, 5.74) is 0. The van der Waals surface area contributed by atoms with Gasteiger partial charge in [-0.15, -0.1) is 0 Å². The first-order chi connectivity index (χ1) is 9.09. The number of pyridine rings is 1. The van der Waals surface area contributed by atoms with Gasteiger partial charge in [-0.05, 0) is 26.0 Å². The molecule has 0 amide bonds. The fourth-order valence-electron chi connectivity index (χ4n) is 2.34. The van der Waals surface area contributed by atoms with Gasteiger partial charge < -0.3 is 10.1 Å². The lowest BCUT2D eigenvalue weighted by Crippen LogP contribution is -2.40. The minimum absolute atomic E-state index is 0.0251. The minimum Gasteiger partial charge on any atom is -0.481 e. The maximum atomic E-state index is 12.5. The Bertz CT molecular complexity index is 516. The molecular formula is C12H19N3O3S. The summed E-state index contributed by atoms with van der Waals surface area (Å²) < 4.78 is 31.6. The van der Waals surface area contributed by atoms with Gasteiger partial charge in [0, 0.05) is 25.2 Å². The zero-order chi connectivity index (χ0) is 13.9. The van der Waals surface area contributed by atoms with Crippen LogP contribution in [0.4, 0.5) is 0 Å². The van der Waals surface area contributed by atoms with Gasteiger partial charge in [-0.1, -0.05) is 0 Å². The van der Waals surface area contributed by atoms with Gasteiger partial charge >= 0.3 is 0 Å². The van der Waals surface area contributed by atoms with E-state index in [2.05, 4.69) is 10.3 Å². The SMILES string of the molecule is CNCC1CCCN1S(=O)(=O)c1ccc(OC)nc1. The summed E-state index contributed by atoms with van der Waals surface area (Å²) in [6.45, 7) is 1.24. The fraction of sp³-hybridized carbons (Fsp3) is 0.583. The van der Waals surface area contributed by atoms with Crippen LogP contribution in [0.15, 0.2) is 23.2 Å². The van der Waals surface area contributed by atoms with E-state index in [1.807, 2.05) is 7.05 Å². The molecule has 19 heavy (non-hydrogen) atoms. The first-order valence-electron chi connectivity index (χ1n) is 6.26. The molecule has 0 bridgehead atoms. The Morgan fingerprint density at radius 2 is 2.32 bits per heavy atom. The molecule has 1 fully saturated rings. The third-order valence-corrected chi connectivity index (χ3v) is 5.22. The molecule has 1 aliphatic heterocycles. The van der Waals surface area contributed by atoms with Crippen LogP contribution in [0.25, 0.3) is 0 Å². The van der Waals surface area contributed by atoms with E-state index in [1.165, 1.54) is 19.4 Å². The fourth-order valence-corrected chi connectivity index (χ4v) is 3.98. The average Bonchev–Trinajstić information content (AvgIpc) is 2.88. The maximum absolute atomic E-state index is 12.5. The van der Waals surface area contributed by atoms with Gasteiger partial charge in [0.05, 0.1) is 13.3 Å². The molecule has 0 aliphatic carbocycles. The van der Waals surface area contributed by atoms with Crippen LogP contribution in [0, 0.1) is 0 Å². The van der Waals surface area contributed by atoms with Crippen molar-refractivity contribution in [1.29, 1.82) is 0 Å². The summed E-state index contributed by atoms with van der Waals surface area (Å²) in [6, 6.07) is 3.13. The predicted octanol–water partition coefficient (Wildman–Crippen LogP) is 0.463. The van der Waals surface area contributed by atoms with Crippen LogP contribution in [-0.4, -0.2) is 51.0 Å². The highest BCUT2D eigenvalue weighted by Gasteiger charge is 2.34.